The standard InChI is InChI=1S/C16H25BrN2/c1-15(2,3)19-11-16(4,12-5-6-12)9-14-8-7-13(17)10-18-14/h7-8,10,12,19H,5-6,9,11H2,1-4H3. The molecule has 0 aromatic carbocycles. The smallest absolute Gasteiger partial charge is 0.0413 e. The SMILES string of the molecule is CC(C)(C)NCC(C)(Cc1ccc(Br)cn1)C1CC1. The monoisotopic (exact) mass is 324 g/mol. The normalized spacial score (nSPS) is 19.2. The molecule has 0 spiro atoms. The molecule has 1 atom stereocenters. The van der Waals surface area contributed by atoms with Gasteiger partial charge in [-0.3, -0.25) is 4.98 Å². The van der Waals surface area contributed by atoms with Crippen molar-refractivity contribution in [3.63, 3.8) is 0 Å². The zero-order valence-electron chi connectivity index (χ0n) is 12.5. The second-order valence-electron chi connectivity index (χ2n) is 7.18. The van der Waals surface area contributed by atoms with Crippen molar-refractivity contribution in [3.05, 3.63) is 28.5 Å². The Balaban J connectivity index is 2.04. The van der Waals surface area contributed by atoms with Crippen LogP contribution in [0.2, 0.25) is 0 Å². The van der Waals surface area contributed by atoms with E-state index in [9.17, 15) is 0 Å². The van der Waals surface area contributed by atoms with E-state index in [1.54, 1.807) is 0 Å². The molecule has 0 amide bonds. The highest BCUT2D eigenvalue weighted by atomic mass is 79.9. The van der Waals surface area contributed by atoms with Crippen molar-refractivity contribution in [1.29, 1.82) is 0 Å². The van der Waals surface area contributed by atoms with E-state index in [2.05, 4.69) is 66.1 Å². The average Bonchev–Trinajstić information content (AvgIpc) is 3.13. The first-order chi connectivity index (χ1) is 8.78. The van der Waals surface area contributed by atoms with Gasteiger partial charge in [-0.05, 0) is 79.4 Å². The fraction of sp³-hybridized carbons (Fsp3) is 0.688. The largest absolute Gasteiger partial charge is 0.312 e. The Morgan fingerprint density at radius 1 is 1.26 bits per heavy atom. The van der Waals surface area contributed by atoms with E-state index in [0.717, 1.165) is 23.4 Å². The lowest BCUT2D eigenvalue weighted by atomic mass is 9.79. The van der Waals surface area contributed by atoms with E-state index < -0.39 is 0 Å². The van der Waals surface area contributed by atoms with Crippen LogP contribution in [0.4, 0.5) is 0 Å². The lowest BCUT2D eigenvalue weighted by Crippen LogP contribution is -2.44. The number of pyridine rings is 1. The number of nitrogens with zero attached hydrogens (tertiary/aromatic N) is 1. The molecule has 1 aliphatic rings. The van der Waals surface area contributed by atoms with Gasteiger partial charge in [0.25, 0.3) is 0 Å². The molecule has 0 aliphatic heterocycles. The van der Waals surface area contributed by atoms with E-state index in [1.807, 2.05) is 6.20 Å². The molecule has 19 heavy (non-hydrogen) atoms. The minimum Gasteiger partial charge on any atom is -0.312 e. The molecule has 0 radical (unpaired) electrons. The van der Waals surface area contributed by atoms with Gasteiger partial charge in [-0.15, -0.1) is 0 Å². The summed E-state index contributed by atoms with van der Waals surface area (Å²) in [6, 6.07) is 4.23. The zero-order valence-corrected chi connectivity index (χ0v) is 14.0. The van der Waals surface area contributed by atoms with E-state index >= 15 is 0 Å². The summed E-state index contributed by atoms with van der Waals surface area (Å²) in [5, 5.41) is 3.68. The van der Waals surface area contributed by atoms with Gasteiger partial charge in [0.2, 0.25) is 0 Å². The van der Waals surface area contributed by atoms with Gasteiger partial charge in [0.15, 0.2) is 0 Å². The molecule has 1 aliphatic carbocycles. The summed E-state index contributed by atoms with van der Waals surface area (Å²) >= 11 is 3.45. The average molecular weight is 325 g/mol. The minimum atomic E-state index is 0.184. The van der Waals surface area contributed by atoms with E-state index in [4.69, 9.17) is 0 Å². The number of aromatic nitrogens is 1. The van der Waals surface area contributed by atoms with E-state index in [0.29, 0.717) is 5.41 Å². The van der Waals surface area contributed by atoms with E-state index in [-0.39, 0.29) is 5.54 Å². The predicted molar refractivity (Wildman–Crippen MR) is 84.2 cm³/mol. The fourth-order valence-electron chi connectivity index (χ4n) is 2.52. The number of nitrogens with one attached hydrogen (secondary N) is 1. The lowest BCUT2D eigenvalue weighted by molar-refractivity contribution is 0.226. The molecule has 1 heterocycles. The van der Waals surface area contributed by atoms with Crippen molar-refractivity contribution in [1.82, 2.24) is 10.3 Å². The second kappa shape index (κ2) is 5.53. The first-order valence-electron chi connectivity index (χ1n) is 7.14. The van der Waals surface area contributed by atoms with Crippen LogP contribution in [0.1, 0.15) is 46.2 Å². The highest BCUT2D eigenvalue weighted by Gasteiger charge is 2.41. The van der Waals surface area contributed by atoms with Crippen LogP contribution in [-0.4, -0.2) is 17.1 Å². The van der Waals surface area contributed by atoms with Crippen LogP contribution in [0.15, 0.2) is 22.8 Å². The third kappa shape index (κ3) is 4.57. The Morgan fingerprint density at radius 3 is 2.42 bits per heavy atom. The van der Waals surface area contributed by atoms with Gasteiger partial charge in [-0.2, -0.15) is 0 Å². The molecule has 1 fully saturated rings. The maximum absolute atomic E-state index is 4.54. The molecular formula is C16H25BrN2. The number of rotatable bonds is 5. The molecule has 106 valence electrons. The van der Waals surface area contributed by atoms with Crippen molar-refractivity contribution in [3.8, 4) is 0 Å². The highest BCUT2D eigenvalue weighted by Crippen LogP contribution is 2.47. The highest BCUT2D eigenvalue weighted by molar-refractivity contribution is 9.10. The van der Waals surface area contributed by atoms with Crippen molar-refractivity contribution in [2.24, 2.45) is 11.3 Å². The van der Waals surface area contributed by atoms with Crippen LogP contribution < -0.4 is 5.32 Å². The maximum Gasteiger partial charge on any atom is 0.0413 e. The quantitative estimate of drug-likeness (QED) is 0.878. The molecule has 3 heteroatoms. The predicted octanol–water partition coefficient (Wildman–Crippen LogP) is 4.19. The van der Waals surface area contributed by atoms with Crippen LogP contribution in [0.25, 0.3) is 0 Å². The van der Waals surface area contributed by atoms with Gasteiger partial charge < -0.3 is 5.32 Å². The Bertz CT molecular complexity index is 417. The Kier molecular flexibility index (Phi) is 4.36. The van der Waals surface area contributed by atoms with E-state index in [1.165, 1.54) is 18.5 Å². The summed E-state index contributed by atoms with van der Waals surface area (Å²) in [7, 11) is 0. The van der Waals surface area contributed by atoms with Gasteiger partial charge >= 0.3 is 0 Å². The Hall–Kier alpha value is -0.410. The molecule has 1 N–H and O–H groups in total. The van der Waals surface area contributed by atoms with Crippen LogP contribution >= 0.6 is 15.9 Å². The molecule has 1 unspecified atom stereocenters. The summed E-state index contributed by atoms with van der Waals surface area (Å²) in [5.41, 5.74) is 1.71. The molecular weight excluding hydrogens is 300 g/mol. The third-order valence-corrected chi connectivity index (χ3v) is 4.43. The third-order valence-electron chi connectivity index (χ3n) is 3.96. The molecule has 1 saturated carbocycles. The molecule has 0 saturated heterocycles. The lowest BCUT2D eigenvalue weighted by Gasteiger charge is -2.34. The summed E-state index contributed by atoms with van der Waals surface area (Å²) in [5.74, 6) is 0.854. The van der Waals surface area contributed by atoms with Crippen LogP contribution in [0, 0.1) is 11.3 Å². The molecule has 1 aromatic rings. The topological polar surface area (TPSA) is 24.9 Å². The Labute approximate surface area is 125 Å². The van der Waals surface area contributed by atoms with Crippen molar-refractivity contribution < 1.29 is 0 Å². The van der Waals surface area contributed by atoms with Gasteiger partial charge in [-0.1, -0.05) is 6.92 Å². The van der Waals surface area contributed by atoms with Crippen LogP contribution in [0.5, 0.6) is 0 Å². The molecule has 1 aromatic heterocycles. The van der Waals surface area contributed by atoms with Crippen molar-refractivity contribution in [2.75, 3.05) is 6.54 Å². The van der Waals surface area contributed by atoms with Gasteiger partial charge in [0.1, 0.15) is 0 Å². The number of halogens is 1. The molecule has 0 bridgehead atoms. The second-order valence-corrected chi connectivity index (χ2v) is 8.09. The van der Waals surface area contributed by atoms with Crippen LogP contribution in [0.3, 0.4) is 0 Å². The van der Waals surface area contributed by atoms with Crippen molar-refractivity contribution in [2.45, 2.75) is 52.5 Å². The van der Waals surface area contributed by atoms with Crippen LogP contribution in [-0.2, 0) is 6.42 Å². The summed E-state index contributed by atoms with van der Waals surface area (Å²) in [6.45, 7) is 10.2. The van der Waals surface area contributed by atoms with Gasteiger partial charge in [0, 0.05) is 28.4 Å². The minimum absolute atomic E-state index is 0.184. The first-order valence-corrected chi connectivity index (χ1v) is 7.93. The summed E-state index contributed by atoms with van der Waals surface area (Å²) in [6.07, 6.45) is 5.71. The molecule has 2 nitrogen and oxygen atoms in total. The number of hydrogen-bond acceptors (Lipinski definition) is 2. The van der Waals surface area contributed by atoms with Gasteiger partial charge in [-0.25, -0.2) is 0 Å². The maximum atomic E-state index is 4.54. The molecule has 2 rings (SSSR count). The summed E-state index contributed by atoms with van der Waals surface area (Å²) < 4.78 is 1.05. The fourth-order valence-corrected chi connectivity index (χ4v) is 2.76. The summed E-state index contributed by atoms with van der Waals surface area (Å²) in [4.78, 5) is 4.54. The first kappa shape index (κ1) is 15.0. The van der Waals surface area contributed by atoms with Crippen molar-refractivity contribution >= 4 is 15.9 Å². The zero-order chi connectivity index (χ0) is 14.1. The van der Waals surface area contributed by atoms with Gasteiger partial charge in [0.05, 0.1) is 0 Å². The number of hydrogen-bond donors (Lipinski definition) is 1. The Morgan fingerprint density at radius 2 is 1.95 bits per heavy atom.